The van der Waals surface area contributed by atoms with Gasteiger partial charge in [-0.3, -0.25) is 0 Å². The zero-order valence-electron chi connectivity index (χ0n) is 40.6. The first-order valence-corrected chi connectivity index (χ1v) is 16.7. The van der Waals surface area contributed by atoms with E-state index in [1.54, 1.807) is 6.07 Å². The normalized spacial score (nSPS) is 14.8. The van der Waals surface area contributed by atoms with Crippen LogP contribution in [0.15, 0.2) is 192 Å². The molecule has 0 spiro atoms. The van der Waals surface area contributed by atoms with E-state index in [1.807, 2.05) is 84.9 Å². The summed E-state index contributed by atoms with van der Waals surface area (Å²) in [6.07, 6.45) is 0. The van der Waals surface area contributed by atoms with Crippen molar-refractivity contribution in [3.8, 4) is 67.5 Å². The van der Waals surface area contributed by atoms with Crippen molar-refractivity contribution in [2.45, 2.75) is 0 Å². The lowest BCUT2D eigenvalue weighted by molar-refractivity contribution is 0.669. The van der Waals surface area contributed by atoms with Crippen LogP contribution in [0, 0.1) is 0 Å². The van der Waals surface area contributed by atoms with Gasteiger partial charge in [0, 0.05) is 27.5 Å². The zero-order valence-corrected chi connectivity index (χ0v) is 27.6. The third-order valence-corrected chi connectivity index (χ3v) is 9.03. The minimum atomic E-state index is -0.715. The van der Waals surface area contributed by atoms with Crippen LogP contribution in [-0.4, -0.2) is 15.0 Å². The molecule has 10 aromatic rings. The van der Waals surface area contributed by atoms with Gasteiger partial charge < -0.3 is 4.42 Å². The first kappa shape index (κ1) is 20.0. The molecule has 10 rings (SSSR count). The average molecular weight is 691 g/mol. The molecule has 4 nitrogen and oxygen atoms in total. The molecular weight excluding hydrogens is 647 g/mol. The molecule has 53 heavy (non-hydrogen) atoms. The lowest BCUT2D eigenvalue weighted by atomic mass is 9.90. The fourth-order valence-electron chi connectivity index (χ4n) is 6.58. The van der Waals surface area contributed by atoms with Crippen molar-refractivity contribution in [3.05, 3.63) is 188 Å². The van der Waals surface area contributed by atoms with Crippen molar-refractivity contribution in [1.29, 1.82) is 0 Å². The van der Waals surface area contributed by atoms with Crippen molar-refractivity contribution >= 4 is 32.7 Å². The van der Waals surface area contributed by atoms with Gasteiger partial charge in [-0.1, -0.05) is 170 Å². The highest BCUT2D eigenvalue weighted by Gasteiger charge is 2.19. The van der Waals surface area contributed by atoms with Crippen molar-refractivity contribution in [1.82, 2.24) is 15.0 Å². The molecule has 0 saturated heterocycles. The zero-order chi connectivity index (χ0) is 46.5. The summed E-state index contributed by atoms with van der Waals surface area (Å²) < 4.78 is 120. The molecule has 0 aliphatic rings. The number of fused-ring (bicyclic) bond motifs is 4. The van der Waals surface area contributed by atoms with E-state index in [4.69, 9.17) is 33.1 Å². The van der Waals surface area contributed by atoms with Crippen LogP contribution >= 0.6 is 0 Å². The van der Waals surface area contributed by atoms with Gasteiger partial charge in [0.1, 0.15) is 11.2 Å². The highest BCUT2D eigenvalue weighted by molar-refractivity contribution is 6.11. The average Bonchev–Trinajstić information content (AvgIpc) is 3.70. The monoisotopic (exact) mass is 690 g/mol. The molecule has 0 atom stereocenters. The van der Waals surface area contributed by atoms with E-state index in [0.717, 1.165) is 33.0 Å². The van der Waals surface area contributed by atoms with Crippen LogP contribution in [0.1, 0.15) is 17.8 Å². The summed E-state index contributed by atoms with van der Waals surface area (Å²) in [5.41, 5.74) is 2.62. The molecule has 0 saturated carbocycles. The third kappa shape index (κ3) is 5.54. The van der Waals surface area contributed by atoms with Crippen molar-refractivity contribution < 1.29 is 22.2 Å². The number of benzene rings is 8. The molecule has 0 unspecified atom stereocenters. The summed E-state index contributed by atoms with van der Waals surface area (Å²) >= 11 is 0. The second-order valence-electron chi connectivity index (χ2n) is 12.2. The van der Waals surface area contributed by atoms with Crippen LogP contribution in [0.3, 0.4) is 0 Å². The maximum atomic E-state index is 9.31. The Bertz CT molecular complexity index is 3650. The third-order valence-electron chi connectivity index (χ3n) is 9.03. The summed E-state index contributed by atoms with van der Waals surface area (Å²) in [5, 5.41) is 2.48. The Kier molecular flexibility index (Phi) is 4.86. The smallest absolute Gasteiger partial charge is 0.164 e. The van der Waals surface area contributed by atoms with Crippen molar-refractivity contribution in [2.24, 2.45) is 0 Å². The van der Waals surface area contributed by atoms with E-state index >= 15 is 0 Å². The second kappa shape index (κ2) is 12.9. The van der Waals surface area contributed by atoms with Crippen LogP contribution < -0.4 is 0 Å². The number of furan rings is 1. The van der Waals surface area contributed by atoms with Gasteiger partial charge in [-0.05, 0) is 62.3 Å². The van der Waals surface area contributed by atoms with Gasteiger partial charge in [-0.2, -0.15) is 0 Å². The topological polar surface area (TPSA) is 51.8 Å². The maximum absolute atomic E-state index is 9.31. The van der Waals surface area contributed by atoms with Gasteiger partial charge >= 0.3 is 0 Å². The van der Waals surface area contributed by atoms with Gasteiger partial charge in [0.2, 0.25) is 0 Å². The molecule has 8 aromatic carbocycles. The minimum Gasteiger partial charge on any atom is -0.456 e. The highest BCUT2D eigenvalue weighted by Crippen LogP contribution is 2.40. The van der Waals surface area contributed by atoms with Crippen LogP contribution in [-0.2, 0) is 0 Å². The second-order valence-corrected chi connectivity index (χ2v) is 12.2. The predicted molar refractivity (Wildman–Crippen MR) is 217 cm³/mol. The van der Waals surface area contributed by atoms with Crippen LogP contribution in [0.4, 0.5) is 0 Å². The minimum absolute atomic E-state index is 0.000805. The van der Waals surface area contributed by atoms with Crippen LogP contribution in [0.25, 0.3) is 100 Å². The Hall–Kier alpha value is -7.17. The molecule has 0 bridgehead atoms. The lowest BCUT2D eigenvalue weighted by Crippen LogP contribution is -2.01. The maximum Gasteiger partial charge on any atom is 0.164 e. The number of hydrogen-bond donors (Lipinski definition) is 0. The van der Waals surface area contributed by atoms with Crippen molar-refractivity contribution in [3.63, 3.8) is 0 Å². The summed E-state index contributed by atoms with van der Waals surface area (Å²) in [6, 6.07) is 26.5. The molecule has 2 aromatic heterocycles. The number of nitrogens with zero attached hydrogens (tertiary/aromatic N) is 3. The van der Waals surface area contributed by atoms with Gasteiger partial charge in [-0.25, -0.2) is 15.0 Å². The van der Waals surface area contributed by atoms with E-state index in [2.05, 4.69) is 0 Å². The van der Waals surface area contributed by atoms with E-state index in [9.17, 15) is 4.11 Å². The molecule has 0 N–H and O–H groups in total. The summed E-state index contributed by atoms with van der Waals surface area (Å²) in [6.45, 7) is 0. The SMILES string of the molecule is [2H]c1cc([2H])c2oc3c([2H])cc([2H])c(-c4nc(-c5ccc(-c6cccc7ccccc67)c(-c6ccccc6)c5)nc(-c5c([2H])c([2H])c(-c6c([2H])c([2H])c([2H])c([2H])c6[2H])c([2H])c5[2H])n4)c3c2c1. The number of hydrogen-bond acceptors (Lipinski definition) is 4. The summed E-state index contributed by atoms with van der Waals surface area (Å²) in [7, 11) is 0. The van der Waals surface area contributed by atoms with Gasteiger partial charge in [0.15, 0.2) is 17.5 Å². The molecule has 0 amide bonds. The molecule has 2 heterocycles. The molecule has 248 valence electrons. The van der Waals surface area contributed by atoms with E-state index in [1.165, 1.54) is 18.2 Å². The van der Waals surface area contributed by atoms with Gasteiger partial charge in [-0.15, -0.1) is 0 Å². The number of para-hydroxylation sites is 1. The molecule has 0 aliphatic carbocycles. The number of rotatable bonds is 6. The largest absolute Gasteiger partial charge is 0.456 e. The first-order chi connectivity index (χ1) is 31.6. The van der Waals surface area contributed by atoms with Crippen LogP contribution in [0.5, 0.6) is 0 Å². The number of aromatic nitrogens is 3. The quantitative estimate of drug-likeness (QED) is 0.174. The Morgan fingerprint density at radius 2 is 1.09 bits per heavy atom. The van der Waals surface area contributed by atoms with E-state index in [0.29, 0.717) is 5.56 Å². The van der Waals surface area contributed by atoms with Crippen molar-refractivity contribution in [2.75, 3.05) is 0 Å². The predicted octanol–water partition coefficient (Wildman–Crippen LogP) is 12.9. The van der Waals surface area contributed by atoms with E-state index < -0.39 is 71.1 Å². The summed E-state index contributed by atoms with van der Waals surface area (Å²) in [4.78, 5) is 14.4. The van der Waals surface area contributed by atoms with Gasteiger partial charge in [0.25, 0.3) is 0 Å². The Balaban J connectivity index is 1.29. The molecule has 0 radical (unpaired) electrons. The highest BCUT2D eigenvalue weighted by atomic mass is 16.3. The molecular formula is C49H31N3O. The fourth-order valence-corrected chi connectivity index (χ4v) is 6.58. The summed E-state index contributed by atoms with van der Waals surface area (Å²) in [5.74, 6) is -0.530. The fraction of sp³-hybridized carbons (Fsp3) is 0. The molecule has 4 heteroatoms. The Morgan fingerprint density at radius 3 is 1.96 bits per heavy atom. The van der Waals surface area contributed by atoms with Gasteiger partial charge in [0.05, 0.1) is 17.8 Å². The Labute approximate surface area is 325 Å². The Morgan fingerprint density at radius 1 is 0.377 bits per heavy atom. The lowest BCUT2D eigenvalue weighted by Gasteiger charge is -2.15. The first-order valence-electron chi connectivity index (χ1n) is 23.2. The standard InChI is InChI=1S/C49H31N3O/c1-3-13-32(14-4-1)33-25-27-36(28-26-33)47-50-48(52-49(51-47)42-22-12-24-45-46(42)41-20-9-10-23-44(41)53-45)37-29-30-40(43(31-37)35-15-5-2-6-16-35)39-21-11-18-34-17-7-8-19-38(34)39/h1-31H/i1D,3D,4D,9D,13D,14D,22D,23D,24D,25D,26D,27D,28D. The van der Waals surface area contributed by atoms with Crippen LogP contribution in [0.2, 0.25) is 0 Å². The molecule has 0 aliphatic heterocycles. The molecule has 0 fully saturated rings. The van der Waals surface area contributed by atoms with E-state index in [-0.39, 0.29) is 69.1 Å².